The fourth-order valence-electron chi connectivity index (χ4n) is 1.47. The third-order valence-corrected chi connectivity index (χ3v) is 2.35. The van der Waals surface area contributed by atoms with Gasteiger partial charge in [-0.2, -0.15) is 0 Å². The Morgan fingerprint density at radius 1 is 1.48 bits per heavy atom. The summed E-state index contributed by atoms with van der Waals surface area (Å²) in [5, 5.41) is 31.5. The molecule has 8 heteroatoms. The maximum absolute atomic E-state index is 11.4. The second kappa shape index (κ2) is 13.1. The molecule has 114 valence electrons. The largest absolute Gasteiger partial charge is 1.00 e. The number of halogens is 1. The summed E-state index contributed by atoms with van der Waals surface area (Å²) in [5.41, 5.74) is 0.157. The molecule has 0 heterocycles. The van der Waals surface area contributed by atoms with E-state index in [1.807, 2.05) is 13.8 Å². The molecule has 1 N–H and O–H groups in total. The van der Waals surface area contributed by atoms with Gasteiger partial charge in [0.25, 0.3) is 0 Å². The Kier molecular flexibility index (Phi) is 14.8. The number of aliphatic imine (C=N–C) groups is 1. The summed E-state index contributed by atoms with van der Waals surface area (Å²) in [4.78, 5) is 14.7. The average molecular weight is 519 g/mol. The molecule has 1 rings (SSSR count). The van der Waals surface area contributed by atoms with Crippen LogP contribution in [0.3, 0.4) is 0 Å². The summed E-state index contributed by atoms with van der Waals surface area (Å²) in [7, 11) is 4.61. The van der Waals surface area contributed by atoms with Crippen LogP contribution in [0.4, 0.5) is 0 Å². The van der Waals surface area contributed by atoms with Crippen LogP contribution in [0.15, 0.2) is 23.2 Å². The van der Waals surface area contributed by atoms with Gasteiger partial charge in [0, 0.05) is 6.21 Å². The summed E-state index contributed by atoms with van der Waals surface area (Å²) < 4.78 is 0. The number of carboxylic acid groups (broad SMARTS) is 1. The zero-order valence-electron chi connectivity index (χ0n) is 12.0. The number of carboxylic acids is 1. The third kappa shape index (κ3) is 10.1. The summed E-state index contributed by atoms with van der Waals surface area (Å²) in [5.74, 6) is -1.50. The number of carbonyl (C=O) groups excluding carboxylic acids is 1. The molecule has 1 atom stereocenters. The standard InChI is InChI=1S/C13H17NO4.ClH.K.Pt/c1-8(2)5-11(13(17)18)14-7-9-6-10(15)3-4-12(9)16;;;/h3-4,6-8,11,15-16H,5H2,1-2H3,(H,17,18);1H;;/q;;+1;+2/p-3/t11-;;;/m0.../s1. The minimum atomic E-state index is -1.27. The molecule has 21 heavy (non-hydrogen) atoms. The molecule has 0 radical (unpaired) electrons. The van der Waals surface area contributed by atoms with Crippen LogP contribution >= 0.6 is 9.42 Å². The molecule has 0 spiro atoms. The fraction of sp³-hybridized carbons (Fsp3) is 0.385. The SMILES string of the molecule is CC(C)C[C@H](N=Cc1cc(O)ccc1[O-])C(=O)[O-].[Cl][Pt+].[K+]. The van der Waals surface area contributed by atoms with Gasteiger partial charge in [-0.15, -0.1) is 0 Å². The zero-order valence-corrected chi connectivity index (χ0v) is 18.1. The van der Waals surface area contributed by atoms with E-state index >= 15 is 0 Å². The number of benzene rings is 1. The molecule has 0 saturated heterocycles. The molecule has 1 aromatic carbocycles. The van der Waals surface area contributed by atoms with Crippen LogP contribution in [-0.2, 0) is 23.6 Å². The van der Waals surface area contributed by atoms with E-state index in [1.165, 1.54) is 24.4 Å². The molecule has 0 saturated carbocycles. The van der Waals surface area contributed by atoms with Crippen LogP contribution < -0.4 is 61.6 Å². The van der Waals surface area contributed by atoms with Crippen molar-refractivity contribution in [1.82, 2.24) is 0 Å². The van der Waals surface area contributed by atoms with Crippen LogP contribution in [0.1, 0.15) is 25.8 Å². The topological polar surface area (TPSA) is 95.8 Å². The van der Waals surface area contributed by atoms with Crippen LogP contribution in [0.5, 0.6) is 11.5 Å². The van der Waals surface area contributed by atoms with Crippen molar-refractivity contribution in [2.75, 3.05) is 0 Å². The third-order valence-electron chi connectivity index (χ3n) is 2.35. The molecule has 0 aliphatic carbocycles. The van der Waals surface area contributed by atoms with Gasteiger partial charge >= 0.3 is 79.6 Å². The van der Waals surface area contributed by atoms with Crippen LogP contribution in [0.2, 0.25) is 0 Å². The van der Waals surface area contributed by atoms with Gasteiger partial charge in [-0.25, -0.2) is 0 Å². The fourth-order valence-corrected chi connectivity index (χ4v) is 1.47. The van der Waals surface area contributed by atoms with Crippen molar-refractivity contribution >= 4 is 21.6 Å². The molecule has 0 aliphatic rings. The maximum Gasteiger partial charge on any atom is 1.00 e. The summed E-state index contributed by atoms with van der Waals surface area (Å²) in [6.07, 6.45) is 1.51. The van der Waals surface area contributed by atoms with E-state index in [4.69, 9.17) is 0 Å². The van der Waals surface area contributed by atoms with Gasteiger partial charge < -0.3 is 20.1 Å². The maximum atomic E-state index is 11.4. The first-order valence-electron chi connectivity index (χ1n) is 5.76. The van der Waals surface area contributed by atoms with Crippen LogP contribution in [-0.4, -0.2) is 23.3 Å². The minimum absolute atomic E-state index is 0. The number of rotatable bonds is 5. The van der Waals surface area contributed by atoms with E-state index in [0.717, 1.165) is 0 Å². The predicted molar refractivity (Wildman–Crippen MR) is 69.2 cm³/mol. The molecular weight excluding hydrogens is 504 g/mol. The van der Waals surface area contributed by atoms with Crippen molar-refractivity contribution in [2.45, 2.75) is 26.3 Å². The zero-order chi connectivity index (χ0) is 15.7. The number of aromatic hydroxyl groups is 1. The number of nitrogens with zero attached hydrogens (tertiary/aromatic N) is 1. The normalized spacial score (nSPS) is 11.5. The summed E-state index contributed by atoms with van der Waals surface area (Å²) in [6, 6.07) is 2.73. The van der Waals surface area contributed by atoms with Gasteiger partial charge in [0.15, 0.2) is 0 Å². The Morgan fingerprint density at radius 2 is 2.05 bits per heavy atom. The van der Waals surface area contributed by atoms with E-state index < -0.39 is 12.0 Å². The van der Waals surface area contributed by atoms with Gasteiger partial charge in [0.1, 0.15) is 5.75 Å². The van der Waals surface area contributed by atoms with Crippen molar-refractivity contribution in [3.05, 3.63) is 23.8 Å². The summed E-state index contributed by atoms with van der Waals surface area (Å²) >= 11 is 1.61. The van der Waals surface area contributed by atoms with E-state index in [9.17, 15) is 20.1 Å². The van der Waals surface area contributed by atoms with Crippen molar-refractivity contribution in [3.63, 3.8) is 0 Å². The van der Waals surface area contributed by atoms with Crippen LogP contribution in [0.25, 0.3) is 0 Å². The number of hydrogen-bond acceptors (Lipinski definition) is 5. The Labute approximate surface area is 182 Å². The molecule has 0 fully saturated rings. The molecule has 0 bridgehead atoms. The number of phenolic OH excluding ortho intramolecular Hbond substituents is 1. The predicted octanol–water partition coefficient (Wildman–Crippen LogP) is -2.26. The minimum Gasteiger partial charge on any atom is 1.00 e. The molecule has 1 aromatic rings. The monoisotopic (exact) mass is 518 g/mol. The molecule has 0 amide bonds. The molecular formula is C13H15ClKNO4Pt. The Balaban J connectivity index is 0. The Hall–Kier alpha value is 0.575. The van der Waals surface area contributed by atoms with Crippen LogP contribution in [0, 0.1) is 5.92 Å². The first-order valence-corrected chi connectivity index (χ1v) is 8.57. The molecule has 5 nitrogen and oxygen atoms in total. The first kappa shape index (κ1) is 23.8. The second-order valence-corrected chi connectivity index (χ2v) is 4.46. The van der Waals surface area contributed by atoms with Gasteiger partial charge in [-0.1, -0.05) is 25.7 Å². The van der Waals surface area contributed by atoms with Crippen molar-refractivity contribution < 1.29 is 90.3 Å². The number of phenols is 1. The van der Waals surface area contributed by atoms with Gasteiger partial charge in [0.2, 0.25) is 0 Å². The quantitative estimate of drug-likeness (QED) is 0.352. The van der Waals surface area contributed by atoms with Gasteiger partial charge in [-0.3, -0.25) is 4.99 Å². The van der Waals surface area contributed by atoms with E-state index in [2.05, 4.69) is 14.4 Å². The van der Waals surface area contributed by atoms with Gasteiger partial charge in [-0.05, 0) is 30.0 Å². The second-order valence-electron chi connectivity index (χ2n) is 4.46. The molecule has 0 aromatic heterocycles. The summed E-state index contributed by atoms with van der Waals surface area (Å²) in [6.45, 7) is 3.75. The van der Waals surface area contributed by atoms with E-state index in [-0.39, 0.29) is 74.4 Å². The van der Waals surface area contributed by atoms with Crippen molar-refractivity contribution in [2.24, 2.45) is 10.9 Å². The van der Waals surface area contributed by atoms with Gasteiger partial charge in [0.05, 0.1) is 12.0 Å². The molecule has 0 unspecified atom stereocenters. The first-order chi connectivity index (χ1) is 9.40. The molecule has 0 aliphatic heterocycles. The Morgan fingerprint density at radius 3 is 2.52 bits per heavy atom. The van der Waals surface area contributed by atoms with E-state index in [0.29, 0.717) is 6.42 Å². The number of hydrogen-bond donors (Lipinski definition) is 1. The Bertz CT molecular complexity index is 471. The average Bonchev–Trinajstić information content (AvgIpc) is 2.39. The number of carbonyl (C=O) groups is 1. The van der Waals surface area contributed by atoms with Crippen molar-refractivity contribution in [3.8, 4) is 11.5 Å². The number of aliphatic carboxylic acids is 1. The van der Waals surface area contributed by atoms with E-state index in [1.54, 1.807) is 18.8 Å². The smallest absolute Gasteiger partial charge is 1.00 e. The van der Waals surface area contributed by atoms with Crippen molar-refractivity contribution in [1.29, 1.82) is 0 Å².